The van der Waals surface area contributed by atoms with Crippen molar-refractivity contribution in [2.24, 2.45) is 0 Å². The second kappa shape index (κ2) is 5.97. The zero-order valence-electron chi connectivity index (χ0n) is 9.35. The fraction of sp³-hybridized carbons (Fsp3) is 0.444. The summed E-state index contributed by atoms with van der Waals surface area (Å²) in [6.45, 7) is -2.69. The molecule has 106 valence electrons. The molecule has 0 fully saturated rings. The number of aromatic carboxylic acids is 1. The molecule has 0 aliphatic heterocycles. The number of amides is 1. The number of thiazole rings is 1. The van der Waals surface area contributed by atoms with Gasteiger partial charge in [-0.2, -0.15) is 13.2 Å². The Morgan fingerprint density at radius 2 is 2.05 bits per heavy atom. The number of hydrogen-bond acceptors (Lipinski definition) is 5. The maximum absolute atomic E-state index is 12.3. The summed E-state index contributed by atoms with van der Waals surface area (Å²) in [5.74, 6) is -2.44. The zero-order valence-corrected chi connectivity index (χ0v) is 10.2. The van der Waals surface area contributed by atoms with Crippen LogP contribution in [0.4, 0.5) is 13.2 Å². The summed E-state index contributed by atoms with van der Waals surface area (Å²) in [5, 5.41) is 17.9. The number of carboxylic acids is 1. The molecule has 0 unspecified atom stereocenters. The SMILES string of the molecule is O=C(O)c1csc(C(=O)N(CCO)CC(F)(F)F)n1. The third kappa shape index (κ3) is 4.48. The molecule has 19 heavy (non-hydrogen) atoms. The van der Waals surface area contributed by atoms with Crippen molar-refractivity contribution >= 4 is 23.2 Å². The highest BCUT2D eigenvalue weighted by Gasteiger charge is 2.34. The standard InChI is InChI=1S/C9H9F3N2O4S/c10-9(11,12)4-14(1-2-15)7(16)6-13-5(3-19-6)8(17)18/h3,15H,1-2,4H2,(H,17,18). The fourth-order valence-electron chi connectivity index (χ4n) is 1.19. The van der Waals surface area contributed by atoms with E-state index in [4.69, 9.17) is 10.2 Å². The Labute approximate surface area is 109 Å². The molecule has 2 N–H and O–H groups in total. The number of alkyl halides is 3. The van der Waals surface area contributed by atoms with Gasteiger partial charge in [0.2, 0.25) is 0 Å². The molecular weight excluding hydrogens is 289 g/mol. The highest BCUT2D eigenvalue weighted by Crippen LogP contribution is 2.19. The highest BCUT2D eigenvalue weighted by atomic mass is 32.1. The van der Waals surface area contributed by atoms with Crippen LogP contribution in [-0.2, 0) is 0 Å². The van der Waals surface area contributed by atoms with Gasteiger partial charge in [0, 0.05) is 11.9 Å². The van der Waals surface area contributed by atoms with Crippen molar-refractivity contribution in [3.8, 4) is 0 Å². The van der Waals surface area contributed by atoms with Crippen molar-refractivity contribution in [3.63, 3.8) is 0 Å². The molecule has 0 atom stereocenters. The number of halogens is 3. The van der Waals surface area contributed by atoms with Crippen molar-refractivity contribution < 1.29 is 33.0 Å². The van der Waals surface area contributed by atoms with E-state index in [1.807, 2.05) is 0 Å². The maximum atomic E-state index is 12.3. The molecule has 0 aliphatic carbocycles. The first-order valence-electron chi connectivity index (χ1n) is 4.90. The summed E-state index contributed by atoms with van der Waals surface area (Å²) in [6, 6.07) is 0. The largest absolute Gasteiger partial charge is 0.476 e. The van der Waals surface area contributed by atoms with Gasteiger partial charge in [-0.05, 0) is 0 Å². The molecule has 1 aromatic rings. The third-order valence-electron chi connectivity index (χ3n) is 1.93. The number of aromatic nitrogens is 1. The average molecular weight is 298 g/mol. The quantitative estimate of drug-likeness (QED) is 0.840. The number of carboxylic acid groups (broad SMARTS) is 1. The van der Waals surface area contributed by atoms with Crippen LogP contribution < -0.4 is 0 Å². The van der Waals surface area contributed by atoms with Gasteiger partial charge in [-0.1, -0.05) is 0 Å². The Balaban J connectivity index is 2.89. The molecule has 0 aromatic carbocycles. The topological polar surface area (TPSA) is 90.7 Å². The van der Waals surface area contributed by atoms with Crippen molar-refractivity contribution in [1.29, 1.82) is 0 Å². The molecule has 0 aliphatic rings. The maximum Gasteiger partial charge on any atom is 0.406 e. The minimum atomic E-state index is -4.61. The summed E-state index contributed by atoms with van der Waals surface area (Å²) in [4.78, 5) is 26.1. The lowest BCUT2D eigenvalue weighted by atomic mass is 10.4. The van der Waals surface area contributed by atoms with Gasteiger partial charge < -0.3 is 15.1 Å². The molecule has 0 saturated heterocycles. The van der Waals surface area contributed by atoms with Crippen LogP contribution in [0.2, 0.25) is 0 Å². The average Bonchev–Trinajstić information content (AvgIpc) is 2.75. The summed E-state index contributed by atoms with van der Waals surface area (Å²) in [5.41, 5.74) is -0.413. The molecule has 0 saturated carbocycles. The molecule has 1 rings (SSSR count). The van der Waals surface area contributed by atoms with Gasteiger partial charge in [-0.3, -0.25) is 4.79 Å². The fourth-order valence-corrected chi connectivity index (χ4v) is 1.95. The number of carbonyl (C=O) groups excluding carboxylic acids is 1. The minimum Gasteiger partial charge on any atom is -0.476 e. The van der Waals surface area contributed by atoms with Crippen LogP contribution in [0.15, 0.2) is 5.38 Å². The van der Waals surface area contributed by atoms with Crippen LogP contribution in [-0.4, -0.2) is 57.8 Å². The minimum absolute atomic E-state index is 0.366. The van der Waals surface area contributed by atoms with E-state index in [1.54, 1.807) is 0 Å². The second-order valence-corrected chi connectivity index (χ2v) is 4.27. The summed E-state index contributed by atoms with van der Waals surface area (Å²) in [6.07, 6.45) is -4.61. The molecular formula is C9H9F3N2O4S. The molecule has 1 aromatic heterocycles. The molecule has 6 nitrogen and oxygen atoms in total. The lowest BCUT2D eigenvalue weighted by molar-refractivity contribution is -0.141. The first-order valence-corrected chi connectivity index (χ1v) is 5.78. The van der Waals surface area contributed by atoms with Gasteiger partial charge in [0.25, 0.3) is 5.91 Å². The summed E-state index contributed by atoms with van der Waals surface area (Å²) < 4.78 is 36.8. The molecule has 1 heterocycles. The highest BCUT2D eigenvalue weighted by molar-refractivity contribution is 7.11. The van der Waals surface area contributed by atoms with Crippen LogP contribution in [0.1, 0.15) is 20.3 Å². The van der Waals surface area contributed by atoms with Crippen LogP contribution >= 0.6 is 11.3 Å². The van der Waals surface area contributed by atoms with E-state index >= 15 is 0 Å². The van der Waals surface area contributed by atoms with Crippen molar-refractivity contribution in [1.82, 2.24) is 9.88 Å². The third-order valence-corrected chi connectivity index (χ3v) is 2.76. The summed E-state index contributed by atoms with van der Waals surface area (Å²) >= 11 is 0.634. The first-order chi connectivity index (χ1) is 8.74. The van der Waals surface area contributed by atoms with Gasteiger partial charge in [-0.15, -0.1) is 11.3 Å². The van der Waals surface area contributed by atoms with Gasteiger partial charge >= 0.3 is 12.1 Å². The van der Waals surface area contributed by atoms with Crippen molar-refractivity contribution in [2.75, 3.05) is 19.7 Å². The van der Waals surface area contributed by atoms with E-state index in [2.05, 4.69) is 4.98 Å². The number of carbonyl (C=O) groups is 2. The smallest absolute Gasteiger partial charge is 0.406 e. The number of nitrogens with zero attached hydrogens (tertiary/aromatic N) is 2. The molecule has 1 amide bonds. The van der Waals surface area contributed by atoms with Crippen molar-refractivity contribution in [3.05, 3.63) is 16.1 Å². The lowest BCUT2D eigenvalue weighted by Gasteiger charge is -2.21. The van der Waals surface area contributed by atoms with E-state index in [9.17, 15) is 22.8 Å². The van der Waals surface area contributed by atoms with E-state index in [1.165, 1.54) is 0 Å². The number of aliphatic hydroxyl groups excluding tert-OH is 1. The van der Waals surface area contributed by atoms with Crippen LogP contribution in [0, 0.1) is 0 Å². The van der Waals surface area contributed by atoms with E-state index in [0.717, 1.165) is 5.38 Å². The summed E-state index contributed by atoms with van der Waals surface area (Å²) in [7, 11) is 0. The van der Waals surface area contributed by atoms with E-state index < -0.39 is 43.4 Å². The first kappa shape index (κ1) is 15.4. The Bertz CT molecular complexity index is 474. The zero-order chi connectivity index (χ0) is 14.6. The Morgan fingerprint density at radius 3 is 2.47 bits per heavy atom. The van der Waals surface area contributed by atoms with Crippen molar-refractivity contribution in [2.45, 2.75) is 6.18 Å². The molecule has 10 heteroatoms. The lowest BCUT2D eigenvalue weighted by Crippen LogP contribution is -2.40. The van der Waals surface area contributed by atoms with Crippen LogP contribution in [0.25, 0.3) is 0 Å². The monoisotopic (exact) mass is 298 g/mol. The predicted molar refractivity (Wildman–Crippen MR) is 58.1 cm³/mol. The molecule has 0 spiro atoms. The number of aliphatic hydroxyl groups is 1. The van der Waals surface area contributed by atoms with Crippen LogP contribution in [0.5, 0.6) is 0 Å². The van der Waals surface area contributed by atoms with Gasteiger partial charge in [0.05, 0.1) is 6.61 Å². The second-order valence-electron chi connectivity index (χ2n) is 3.41. The van der Waals surface area contributed by atoms with Gasteiger partial charge in [-0.25, -0.2) is 9.78 Å². The normalized spacial score (nSPS) is 11.4. The molecule has 0 radical (unpaired) electrons. The Hall–Kier alpha value is -1.68. The van der Waals surface area contributed by atoms with Gasteiger partial charge in [0.15, 0.2) is 10.7 Å². The predicted octanol–water partition coefficient (Wildman–Crippen LogP) is 0.838. The van der Waals surface area contributed by atoms with Crippen LogP contribution in [0.3, 0.4) is 0 Å². The number of rotatable bonds is 5. The van der Waals surface area contributed by atoms with Gasteiger partial charge in [0.1, 0.15) is 6.54 Å². The Morgan fingerprint density at radius 1 is 1.42 bits per heavy atom. The molecule has 0 bridgehead atoms. The van der Waals surface area contributed by atoms with E-state index in [-0.39, 0.29) is 5.01 Å². The Kier molecular flexibility index (Phi) is 4.84. The number of hydrogen-bond donors (Lipinski definition) is 2. The van der Waals surface area contributed by atoms with E-state index in [0.29, 0.717) is 16.2 Å².